The Balaban J connectivity index is 1.44. The number of alkyl halides is 3. The molecule has 0 spiro atoms. The molecule has 5 rings (SSSR count). The number of thiophene rings is 1. The molecular formula is C26H27F3N6O2S. The highest BCUT2D eigenvalue weighted by molar-refractivity contribution is 7.16. The summed E-state index contributed by atoms with van der Waals surface area (Å²) in [6, 6.07) is 8.79. The van der Waals surface area contributed by atoms with Gasteiger partial charge in [-0.2, -0.15) is 13.2 Å². The number of pyridine rings is 1. The molecule has 38 heavy (non-hydrogen) atoms. The number of imidazole rings is 1. The maximum atomic E-state index is 13.5. The van der Waals surface area contributed by atoms with Crippen molar-refractivity contribution in [1.82, 2.24) is 24.3 Å². The van der Waals surface area contributed by atoms with Crippen LogP contribution in [0.2, 0.25) is 0 Å². The van der Waals surface area contributed by atoms with Crippen LogP contribution >= 0.6 is 11.3 Å². The minimum Gasteiger partial charge on any atom is -0.484 e. The zero-order valence-electron chi connectivity index (χ0n) is 20.9. The lowest BCUT2D eigenvalue weighted by Gasteiger charge is -2.32. The number of benzene rings is 1. The molecule has 0 bridgehead atoms. The summed E-state index contributed by atoms with van der Waals surface area (Å²) in [5, 5.41) is 0.601. The lowest BCUT2D eigenvalue weighted by Crippen LogP contribution is -2.44. The number of carbonyl (C=O) groups is 1. The maximum Gasteiger partial charge on any atom is 0.416 e. The van der Waals surface area contributed by atoms with Crippen LogP contribution in [0.4, 0.5) is 13.2 Å². The smallest absolute Gasteiger partial charge is 0.416 e. The highest BCUT2D eigenvalue weighted by Gasteiger charge is 2.35. The van der Waals surface area contributed by atoms with Crippen molar-refractivity contribution in [3.8, 4) is 10.8 Å². The average molecular weight is 545 g/mol. The first-order chi connectivity index (χ1) is 18.1. The van der Waals surface area contributed by atoms with Gasteiger partial charge in [0.2, 0.25) is 0 Å². The number of piperazine rings is 1. The Hall–Kier alpha value is -3.48. The first kappa shape index (κ1) is 26.1. The molecule has 0 saturated carbocycles. The van der Waals surface area contributed by atoms with Gasteiger partial charge >= 0.3 is 6.18 Å². The molecule has 0 unspecified atom stereocenters. The molecule has 1 saturated heterocycles. The fourth-order valence-corrected chi connectivity index (χ4v) is 5.48. The summed E-state index contributed by atoms with van der Waals surface area (Å²) in [5.41, 5.74) is 7.16. The predicted molar refractivity (Wildman–Crippen MR) is 139 cm³/mol. The van der Waals surface area contributed by atoms with E-state index >= 15 is 0 Å². The van der Waals surface area contributed by atoms with E-state index in [1.807, 2.05) is 10.6 Å². The van der Waals surface area contributed by atoms with Gasteiger partial charge in [0, 0.05) is 44.4 Å². The van der Waals surface area contributed by atoms with E-state index in [1.165, 1.54) is 25.1 Å². The molecule has 1 aliphatic heterocycles. The molecule has 0 radical (unpaired) electrons. The standard InChI is InChI=1S/C26H27F3N6O2S/c1-16(18-5-3-4-6-19(18)26(27,28)29)37-22-12-23(38-24(22)25(30)36)35-15-32-20-13-31-17(11-21(20)35)14-34-9-7-33(2)8-10-34/h3-6,11-13,15-16H,7-10,14H2,1-2H3,(H2,30,36)/t16-/m0/s1. The number of nitrogens with two attached hydrogens (primary N) is 1. The normalized spacial score (nSPS) is 16.1. The van der Waals surface area contributed by atoms with E-state index in [0.29, 0.717) is 17.1 Å². The molecule has 12 heteroatoms. The second-order valence-electron chi connectivity index (χ2n) is 9.35. The number of fused-ring (bicyclic) bond motifs is 1. The molecule has 0 aliphatic carbocycles. The number of rotatable bonds is 7. The Morgan fingerprint density at radius 1 is 1.16 bits per heavy atom. The number of nitrogens with zero attached hydrogens (tertiary/aromatic N) is 5. The van der Waals surface area contributed by atoms with Gasteiger partial charge in [-0.15, -0.1) is 11.3 Å². The fraction of sp³-hybridized carbons (Fsp3) is 0.346. The molecule has 1 fully saturated rings. The van der Waals surface area contributed by atoms with Gasteiger partial charge in [0.15, 0.2) is 0 Å². The quantitative estimate of drug-likeness (QED) is 0.369. The van der Waals surface area contributed by atoms with Crippen molar-refractivity contribution in [2.75, 3.05) is 33.2 Å². The van der Waals surface area contributed by atoms with Gasteiger partial charge in [0.1, 0.15) is 33.6 Å². The summed E-state index contributed by atoms with van der Waals surface area (Å²) in [4.78, 5) is 26.0. The van der Waals surface area contributed by atoms with Gasteiger partial charge in [0.25, 0.3) is 5.91 Å². The van der Waals surface area contributed by atoms with Crippen molar-refractivity contribution in [2.24, 2.45) is 5.73 Å². The Morgan fingerprint density at radius 3 is 2.61 bits per heavy atom. The third-order valence-electron chi connectivity index (χ3n) is 6.63. The number of hydrogen-bond acceptors (Lipinski definition) is 7. The second kappa shape index (κ2) is 10.4. The van der Waals surface area contributed by atoms with Gasteiger partial charge in [-0.25, -0.2) is 4.98 Å². The lowest BCUT2D eigenvalue weighted by atomic mass is 10.0. The van der Waals surface area contributed by atoms with Crippen LogP contribution < -0.4 is 10.5 Å². The van der Waals surface area contributed by atoms with Crippen molar-refractivity contribution in [3.63, 3.8) is 0 Å². The highest BCUT2D eigenvalue weighted by atomic mass is 32.1. The molecule has 2 N–H and O–H groups in total. The zero-order valence-corrected chi connectivity index (χ0v) is 21.7. The van der Waals surface area contributed by atoms with Gasteiger partial charge in [-0.3, -0.25) is 19.2 Å². The Kier molecular flexibility index (Phi) is 7.12. The average Bonchev–Trinajstić information content (AvgIpc) is 3.49. The third-order valence-corrected chi connectivity index (χ3v) is 7.76. The SMILES string of the molecule is C[C@H](Oc1cc(-n2cnc3cnc(CN4CCN(C)CC4)cc32)sc1C(N)=O)c1ccccc1C(F)(F)F. The van der Waals surface area contributed by atoms with Gasteiger partial charge in [-0.1, -0.05) is 18.2 Å². The molecule has 4 heterocycles. The van der Waals surface area contributed by atoms with Crippen molar-refractivity contribution in [3.05, 3.63) is 70.6 Å². The molecule has 8 nitrogen and oxygen atoms in total. The van der Waals surface area contributed by atoms with E-state index in [0.717, 1.165) is 54.8 Å². The highest BCUT2D eigenvalue weighted by Crippen LogP contribution is 2.39. The van der Waals surface area contributed by atoms with E-state index in [1.54, 1.807) is 18.6 Å². The van der Waals surface area contributed by atoms with Crippen molar-refractivity contribution in [1.29, 1.82) is 0 Å². The van der Waals surface area contributed by atoms with Crippen LogP contribution in [-0.4, -0.2) is 63.5 Å². The molecule has 200 valence electrons. The number of carbonyl (C=O) groups excluding carboxylic acids is 1. The number of amides is 1. The van der Waals surface area contributed by atoms with E-state index in [9.17, 15) is 18.0 Å². The number of aromatic nitrogens is 3. The fourth-order valence-electron chi connectivity index (χ4n) is 4.55. The van der Waals surface area contributed by atoms with E-state index in [2.05, 4.69) is 26.8 Å². The summed E-state index contributed by atoms with van der Waals surface area (Å²) in [5.74, 6) is -0.607. The third kappa shape index (κ3) is 5.38. The first-order valence-electron chi connectivity index (χ1n) is 12.1. The van der Waals surface area contributed by atoms with Crippen LogP contribution in [0.15, 0.2) is 48.9 Å². The van der Waals surface area contributed by atoms with Gasteiger partial charge < -0.3 is 15.4 Å². The van der Waals surface area contributed by atoms with Crippen LogP contribution in [0.25, 0.3) is 16.0 Å². The van der Waals surface area contributed by atoms with Crippen molar-refractivity contribution in [2.45, 2.75) is 25.7 Å². The van der Waals surface area contributed by atoms with Crippen LogP contribution in [0, 0.1) is 0 Å². The second-order valence-corrected chi connectivity index (χ2v) is 10.4. The number of likely N-dealkylation sites (N-methyl/N-ethyl adjacent to an activating group) is 1. The number of primary amides is 1. The topological polar surface area (TPSA) is 89.5 Å². The Morgan fingerprint density at radius 2 is 1.89 bits per heavy atom. The van der Waals surface area contributed by atoms with Crippen molar-refractivity contribution < 1.29 is 22.7 Å². The minimum atomic E-state index is -4.54. The Bertz CT molecular complexity index is 1460. The summed E-state index contributed by atoms with van der Waals surface area (Å²) in [6.45, 7) is 6.13. The molecular weight excluding hydrogens is 517 g/mol. The molecule has 1 aliphatic rings. The maximum absolute atomic E-state index is 13.5. The number of halogens is 3. The Labute approximate surface area is 221 Å². The van der Waals surface area contributed by atoms with Crippen molar-refractivity contribution >= 4 is 28.3 Å². The van der Waals surface area contributed by atoms with E-state index in [-0.39, 0.29) is 16.2 Å². The summed E-state index contributed by atoms with van der Waals surface area (Å²) < 4.78 is 48.3. The summed E-state index contributed by atoms with van der Waals surface area (Å²) in [6.07, 6.45) is -2.18. The van der Waals surface area contributed by atoms with E-state index in [4.69, 9.17) is 10.5 Å². The largest absolute Gasteiger partial charge is 0.484 e. The lowest BCUT2D eigenvalue weighted by molar-refractivity contribution is -0.138. The van der Waals surface area contributed by atoms with Crippen LogP contribution in [0.1, 0.15) is 39.5 Å². The predicted octanol–water partition coefficient (Wildman–Crippen LogP) is 4.49. The van der Waals surface area contributed by atoms with Crippen LogP contribution in [0.5, 0.6) is 5.75 Å². The molecule has 1 atom stereocenters. The molecule has 1 amide bonds. The van der Waals surface area contributed by atoms with Gasteiger partial charge in [0.05, 0.1) is 23.0 Å². The summed E-state index contributed by atoms with van der Waals surface area (Å²) in [7, 11) is 2.11. The summed E-state index contributed by atoms with van der Waals surface area (Å²) >= 11 is 1.09. The minimum absolute atomic E-state index is 0.0316. The van der Waals surface area contributed by atoms with Crippen LogP contribution in [0.3, 0.4) is 0 Å². The van der Waals surface area contributed by atoms with E-state index < -0.39 is 23.8 Å². The number of hydrogen-bond donors (Lipinski definition) is 1. The molecule has 4 aromatic rings. The zero-order chi connectivity index (χ0) is 27.0. The first-order valence-corrected chi connectivity index (χ1v) is 12.9. The van der Waals surface area contributed by atoms with Crippen LogP contribution in [-0.2, 0) is 12.7 Å². The number of ether oxygens (including phenoxy) is 1. The molecule has 1 aromatic carbocycles. The molecule has 3 aromatic heterocycles. The van der Waals surface area contributed by atoms with Gasteiger partial charge in [-0.05, 0) is 26.1 Å². The monoisotopic (exact) mass is 544 g/mol.